The van der Waals surface area contributed by atoms with Crippen molar-refractivity contribution in [1.29, 1.82) is 0 Å². The van der Waals surface area contributed by atoms with Gasteiger partial charge in [-0.05, 0) is 42.9 Å². The summed E-state index contributed by atoms with van der Waals surface area (Å²) in [6, 6.07) is 0. The first-order valence-corrected chi connectivity index (χ1v) is 5.33. The molecule has 1 spiro atoms. The second-order valence-electron chi connectivity index (χ2n) is 5.38. The molecule has 0 bridgehead atoms. The van der Waals surface area contributed by atoms with Crippen LogP contribution in [-0.4, -0.2) is 5.91 Å². The highest BCUT2D eigenvalue weighted by Crippen LogP contribution is 2.63. The van der Waals surface area contributed by atoms with Gasteiger partial charge < -0.3 is 5.73 Å². The molecular weight excluding hydrogens is 162 g/mol. The average Bonchev–Trinajstić information content (AvgIpc) is 2.60. The third-order valence-electron chi connectivity index (χ3n) is 3.85. The van der Waals surface area contributed by atoms with Crippen molar-refractivity contribution >= 4 is 5.91 Å². The van der Waals surface area contributed by atoms with Crippen molar-refractivity contribution in [2.45, 2.75) is 39.5 Å². The molecule has 2 saturated carbocycles. The van der Waals surface area contributed by atoms with Gasteiger partial charge in [-0.1, -0.05) is 13.8 Å². The third-order valence-corrected chi connectivity index (χ3v) is 3.85. The van der Waals surface area contributed by atoms with E-state index in [9.17, 15) is 4.79 Å². The molecule has 13 heavy (non-hydrogen) atoms. The predicted molar refractivity (Wildman–Crippen MR) is 51.9 cm³/mol. The molecule has 3 atom stereocenters. The van der Waals surface area contributed by atoms with Crippen LogP contribution in [0.1, 0.15) is 39.5 Å². The van der Waals surface area contributed by atoms with Crippen LogP contribution in [0.2, 0.25) is 0 Å². The van der Waals surface area contributed by atoms with Crippen LogP contribution in [-0.2, 0) is 4.79 Å². The zero-order valence-electron chi connectivity index (χ0n) is 8.55. The first kappa shape index (κ1) is 9.04. The number of hydrogen-bond donors (Lipinski definition) is 1. The average molecular weight is 181 g/mol. The zero-order valence-corrected chi connectivity index (χ0v) is 8.55. The van der Waals surface area contributed by atoms with Gasteiger partial charge in [-0.3, -0.25) is 4.79 Å². The highest BCUT2D eigenvalue weighted by atomic mass is 16.1. The van der Waals surface area contributed by atoms with E-state index in [1.807, 2.05) is 0 Å². The lowest BCUT2D eigenvalue weighted by Crippen LogP contribution is -2.26. The number of carbonyl (C=O) groups is 1. The Morgan fingerprint density at radius 1 is 1.23 bits per heavy atom. The van der Waals surface area contributed by atoms with Gasteiger partial charge in [0.15, 0.2) is 0 Å². The van der Waals surface area contributed by atoms with Crippen molar-refractivity contribution < 1.29 is 4.79 Å². The molecule has 2 aliphatic carbocycles. The van der Waals surface area contributed by atoms with Gasteiger partial charge in [0.2, 0.25) is 5.91 Å². The zero-order chi connectivity index (χ0) is 9.64. The standard InChI is InChI=1S/C11H19NO/c1-7-3-8(2)5-11(4-7)6-9(11)10(12)13/h7-9H,3-6H2,1-2H3,(H2,12,13). The Hall–Kier alpha value is -0.530. The summed E-state index contributed by atoms with van der Waals surface area (Å²) in [4.78, 5) is 11.1. The van der Waals surface area contributed by atoms with Crippen molar-refractivity contribution in [3.63, 3.8) is 0 Å². The summed E-state index contributed by atoms with van der Waals surface area (Å²) in [5.41, 5.74) is 5.69. The van der Waals surface area contributed by atoms with Crippen LogP contribution in [0.5, 0.6) is 0 Å². The van der Waals surface area contributed by atoms with E-state index in [0.29, 0.717) is 5.41 Å². The topological polar surface area (TPSA) is 43.1 Å². The van der Waals surface area contributed by atoms with E-state index in [0.717, 1.165) is 18.3 Å². The molecule has 0 radical (unpaired) electrons. The van der Waals surface area contributed by atoms with E-state index in [4.69, 9.17) is 5.73 Å². The molecule has 2 nitrogen and oxygen atoms in total. The van der Waals surface area contributed by atoms with Crippen LogP contribution in [0, 0.1) is 23.2 Å². The van der Waals surface area contributed by atoms with E-state index >= 15 is 0 Å². The van der Waals surface area contributed by atoms with Crippen LogP contribution in [0.15, 0.2) is 0 Å². The van der Waals surface area contributed by atoms with Crippen LogP contribution in [0.3, 0.4) is 0 Å². The SMILES string of the molecule is CC1CC(C)CC2(C1)CC2C(N)=O. The van der Waals surface area contributed by atoms with Gasteiger partial charge in [-0.2, -0.15) is 0 Å². The first-order valence-electron chi connectivity index (χ1n) is 5.33. The van der Waals surface area contributed by atoms with Gasteiger partial charge in [-0.25, -0.2) is 0 Å². The second kappa shape index (κ2) is 2.73. The Labute approximate surface area is 79.9 Å². The molecule has 2 heteroatoms. The van der Waals surface area contributed by atoms with Gasteiger partial charge in [0.1, 0.15) is 0 Å². The minimum atomic E-state index is -0.0682. The van der Waals surface area contributed by atoms with Crippen molar-refractivity contribution in [3.05, 3.63) is 0 Å². The maximum absolute atomic E-state index is 11.1. The van der Waals surface area contributed by atoms with Crippen LogP contribution < -0.4 is 5.73 Å². The first-order chi connectivity index (χ1) is 6.03. The smallest absolute Gasteiger partial charge is 0.221 e. The lowest BCUT2D eigenvalue weighted by atomic mass is 9.73. The molecule has 0 aromatic carbocycles. The highest BCUT2D eigenvalue weighted by Gasteiger charge is 2.58. The molecule has 0 aromatic rings. The fourth-order valence-corrected chi connectivity index (χ4v) is 3.53. The van der Waals surface area contributed by atoms with Gasteiger partial charge in [0, 0.05) is 5.92 Å². The molecule has 0 heterocycles. The minimum Gasteiger partial charge on any atom is -0.369 e. The molecule has 2 rings (SSSR count). The van der Waals surface area contributed by atoms with E-state index in [-0.39, 0.29) is 11.8 Å². The number of amides is 1. The summed E-state index contributed by atoms with van der Waals surface area (Å²) in [5, 5.41) is 0. The van der Waals surface area contributed by atoms with Crippen molar-refractivity contribution in [2.75, 3.05) is 0 Å². The maximum Gasteiger partial charge on any atom is 0.221 e. The molecule has 0 aliphatic heterocycles. The molecule has 0 aromatic heterocycles. The third kappa shape index (κ3) is 1.47. The normalized spacial score (nSPS) is 49.2. The van der Waals surface area contributed by atoms with Gasteiger partial charge in [0.05, 0.1) is 0 Å². The molecule has 2 aliphatic rings. The fourth-order valence-electron chi connectivity index (χ4n) is 3.53. The van der Waals surface area contributed by atoms with Crippen molar-refractivity contribution in [2.24, 2.45) is 28.9 Å². The molecular formula is C11H19NO. The largest absolute Gasteiger partial charge is 0.369 e. The van der Waals surface area contributed by atoms with E-state index in [1.54, 1.807) is 0 Å². The summed E-state index contributed by atoms with van der Waals surface area (Å²) < 4.78 is 0. The number of nitrogens with two attached hydrogens (primary N) is 1. The lowest BCUT2D eigenvalue weighted by molar-refractivity contribution is -0.120. The molecule has 3 unspecified atom stereocenters. The molecule has 2 N–H and O–H groups in total. The van der Waals surface area contributed by atoms with Crippen molar-refractivity contribution in [1.82, 2.24) is 0 Å². The maximum atomic E-state index is 11.1. The summed E-state index contributed by atoms with van der Waals surface area (Å²) >= 11 is 0. The highest BCUT2D eigenvalue weighted by molar-refractivity contribution is 5.80. The Bertz CT molecular complexity index is 226. The predicted octanol–water partition coefficient (Wildman–Crippen LogP) is 1.93. The van der Waals surface area contributed by atoms with Gasteiger partial charge in [-0.15, -0.1) is 0 Å². The molecule has 1 amide bonds. The summed E-state index contributed by atoms with van der Waals surface area (Å²) in [5.74, 6) is 1.71. The molecule has 74 valence electrons. The Morgan fingerprint density at radius 2 is 1.77 bits per heavy atom. The van der Waals surface area contributed by atoms with E-state index in [2.05, 4.69) is 13.8 Å². The number of primary amides is 1. The van der Waals surface area contributed by atoms with Crippen LogP contribution >= 0.6 is 0 Å². The lowest BCUT2D eigenvalue weighted by Gasteiger charge is -2.32. The fraction of sp³-hybridized carbons (Fsp3) is 0.909. The molecule has 0 saturated heterocycles. The van der Waals surface area contributed by atoms with Gasteiger partial charge >= 0.3 is 0 Å². The van der Waals surface area contributed by atoms with Crippen molar-refractivity contribution in [3.8, 4) is 0 Å². The van der Waals surface area contributed by atoms with Crippen LogP contribution in [0.4, 0.5) is 0 Å². The number of rotatable bonds is 1. The number of hydrogen-bond acceptors (Lipinski definition) is 1. The quantitative estimate of drug-likeness (QED) is 0.660. The monoisotopic (exact) mass is 181 g/mol. The second-order valence-corrected chi connectivity index (χ2v) is 5.38. The Kier molecular flexibility index (Phi) is 1.90. The Morgan fingerprint density at radius 3 is 2.15 bits per heavy atom. The van der Waals surface area contributed by atoms with E-state index < -0.39 is 0 Å². The Balaban J connectivity index is 2.05. The minimum absolute atomic E-state index is 0.0682. The summed E-state index contributed by atoms with van der Waals surface area (Å²) in [6.07, 6.45) is 4.85. The number of carbonyl (C=O) groups excluding carboxylic acids is 1. The summed E-state index contributed by atoms with van der Waals surface area (Å²) in [7, 11) is 0. The molecule has 2 fully saturated rings. The van der Waals surface area contributed by atoms with Gasteiger partial charge in [0.25, 0.3) is 0 Å². The van der Waals surface area contributed by atoms with Crippen LogP contribution in [0.25, 0.3) is 0 Å². The van der Waals surface area contributed by atoms with E-state index in [1.165, 1.54) is 19.3 Å². The summed E-state index contributed by atoms with van der Waals surface area (Å²) in [6.45, 7) is 4.60.